The standard InChI is InChI=1S/C8H12O3/c1-5(2)8(10)11-7-4-3-6(7)9/h5,7H,3-4H2,1-2H3/t7-/m1/s1. The van der Waals surface area contributed by atoms with Gasteiger partial charge in [0.25, 0.3) is 0 Å². The highest BCUT2D eigenvalue weighted by Gasteiger charge is 2.31. The quantitative estimate of drug-likeness (QED) is 0.558. The van der Waals surface area contributed by atoms with Crippen LogP contribution in [0, 0.1) is 5.92 Å². The van der Waals surface area contributed by atoms with Crippen LogP contribution in [-0.2, 0) is 14.3 Å². The summed E-state index contributed by atoms with van der Waals surface area (Å²) in [6.45, 7) is 3.51. The lowest BCUT2D eigenvalue weighted by Crippen LogP contribution is -2.37. The Kier molecular flexibility index (Phi) is 2.27. The van der Waals surface area contributed by atoms with E-state index in [0.717, 1.165) is 0 Å². The Morgan fingerprint density at radius 1 is 1.64 bits per heavy atom. The van der Waals surface area contributed by atoms with E-state index >= 15 is 0 Å². The Morgan fingerprint density at radius 2 is 2.27 bits per heavy atom. The lowest BCUT2D eigenvalue weighted by molar-refractivity contribution is -0.163. The highest BCUT2D eigenvalue weighted by atomic mass is 16.5. The molecule has 0 aromatic rings. The molecular weight excluding hydrogens is 144 g/mol. The lowest BCUT2D eigenvalue weighted by atomic mass is 9.94. The molecule has 0 aromatic heterocycles. The van der Waals surface area contributed by atoms with Crippen LogP contribution in [0.3, 0.4) is 0 Å². The third-order valence-electron chi connectivity index (χ3n) is 1.74. The summed E-state index contributed by atoms with van der Waals surface area (Å²) in [6, 6.07) is 0. The summed E-state index contributed by atoms with van der Waals surface area (Å²) < 4.78 is 4.87. The molecule has 0 radical (unpaired) electrons. The van der Waals surface area contributed by atoms with E-state index in [2.05, 4.69) is 0 Å². The number of Topliss-reactive ketones (excluding diaryl/α,β-unsaturated/α-hetero) is 1. The number of hydrogen-bond acceptors (Lipinski definition) is 3. The van der Waals surface area contributed by atoms with E-state index in [1.54, 1.807) is 13.8 Å². The highest BCUT2D eigenvalue weighted by Crippen LogP contribution is 2.19. The molecule has 0 saturated heterocycles. The summed E-state index contributed by atoms with van der Waals surface area (Å²) in [4.78, 5) is 21.6. The van der Waals surface area contributed by atoms with Crippen molar-refractivity contribution < 1.29 is 14.3 Å². The van der Waals surface area contributed by atoms with E-state index in [4.69, 9.17) is 4.74 Å². The molecule has 1 aliphatic carbocycles. The molecule has 1 aliphatic rings. The molecule has 1 rings (SSSR count). The summed E-state index contributed by atoms with van der Waals surface area (Å²) in [5.74, 6) is -0.356. The van der Waals surface area contributed by atoms with E-state index in [1.165, 1.54) is 0 Å². The van der Waals surface area contributed by atoms with Crippen molar-refractivity contribution in [1.29, 1.82) is 0 Å². The molecule has 0 spiro atoms. The first-order chi connectivity index (χ1) is 5.11. The zero-order valence-electron chi connectivity index (χ0n) is 6.79. The number of carbonyl (C=O) groups excluding carboxylic acids is 2. The predicted octanol–water partition coefficient (Wildman–Crippen LogP) is 0.917. The SMILES string of the molecule is CC(C)C(=O)O[C@@H]1CCC1=O. The lowest BCUT2D eigenvalue weighted by Gasteiger charge is -2.24. The molecule has 0 unspecified atom stereocenters. The molecule has 0 N–H and O–H groups in total. The maximum atomic E-state index is 10.9. The van der Waals surface area contributed by atoms with Gasteiger partial charge in [0.05, 0.1) is 5.92 Å². The van der Waals surface area contributed by atoms with Crippen LogP contribution in [0.2, 0.25) is 0 Å². The largest absolute Gasteiger partial charge is 0.454 e. The van der Waals surface area contributed by atoms with Crippen LogP contribution in [0.1, 0.15) is 26.7 Å². The maximum absolute atomic E-state index is 10.9. The first-order valence-corrected chi connectivity index (χ1v) is 3.84. The summed E-state index contributed by atoms with van der Waals surface area (Å²) >= 11 is 0. The highest BCUT2D eigenvalue weighted by molar-refractivity contribution is 5.90. The third kappa shape index (κ3) is 1.79. The molecule has 0 bridgehead atoms. The molecule has 3 nitrogen and oxygen atoms in total. The maximum Gasteiger partial charge on any atom is 0.309 e. The van der Waals surface area contributed by atoms with Crippen molar-refractivity contribution in [3.63, 3.8) is 0 Å². The predicted molar refractivity (Wildman–Crippen MR) is 39.0 cm³/mol. The molecular formula is C8H12O3. The summed E-state index contributed by atoms with van der Waals surface area (Å²) in [5, 5.41) is 0. The smallest absolute Gasteiger partial charge is 0.309 e. The van der Waals surface area contributed by atoms with Gasteiger partial charge in [0.1, 0.15) is 0 Å². The van der Waals surface area contributed by atoms with Crippen molar-refractivity contribution in [2.45, 2.75) is 32.8 Å². The number of carbonyl (C=O) groups is 2. The fourth-order valence-corrected chi connectivity index (χ4v) is 0.781. The van der Waals surface area contributed by atoms with Crippen LogP contribution in [-0.4, -0.2) is 17.9 Å². The first-order valence-electron chi connectivity index (χ1n) is 3.84. The zero-order chi connectivity index (χ0) is 8.43. The Balaban J connectivity index is 2.31. The zero-order valence-corrected chi connectivity index (χ0v) is 6.79. The molecule has 3 heteroatoms. The number of ketones is 1. The van der Waals surface area contributed by atoms with Gasteiger partial charge in [-0.1, -0.05) is 13.8 Å². The van der Waals surface area contributed by atoms with E-state index in [9.17, 15) is 9.59 Å². The average Bonchev–Trinajstić information content (AvgIpc) is 1.96. The molecule has 1 saturated carbocycles. The molecule has 1 atom stereocenters. The van der Waals surface area contributed by atoms with Crippen LogP contribution in [0.4, 0.5) is 0 Å². The molecule has 0 aliphatic heterocycles. The number of hydrogen-bond donors (Lipinski definition) is 0. The van der Waals surface area contributed by atoms with Crippen LogP contribution < -0.4 is 0 Å². The van der Waals surface area contributed by atoms with Crippen LogP contribution >= 0.6 is 0 Å². The fourth-order valence-electron chi connectivity index (χ4n) is 0.781. The summed E-state index contributed by atoms with van der Waals surface area (Å²) in [6.07, 6.45) is 0.845. The van der Waals surface area contributed by atoms with E-state index in [-0.39, 0.29) is 17.7 Å². The minimum atomic E-state index is -0.426. The van der Waals surface area contributed by atoms with Crippen LogP contribution in [0.25, 0.3) is 0 Å². The Morgan fingerprint density at radius 3 is 2.55 bits per heavy atom. The van der Waals surface area contributed by atoms with Crippen molar-refractivity contribution in [2.24, 2.45) is 5.92 Å². The van der Waals surface area contributed by atoms with Crippen LogP contribution in [0.5, 0.6) is 0 Å². The van der Waals surface area contributed by atoms with E-state index in [0.29, 0.717) is 12.8 Å². The van der Waals surface area contributed by atoms with Crippen molar-refractivity contribution in [3.05, 3.63) is 0 Å². The minimum absolute atomic E-state index is 0.0546. The second kappa shape index (κ2) is 3.03. The summed E-state index contributed by atoms with van der Waals surface area (Å²) in [7, 11) is 0. The van der Waals surface area contributed by atoms with Gasteiger partial charge in [-0.15, -0.1) is 0 Å². The van der Waals surface area contributed by atoms with Crippen molar-refractivity contribution in [1.82, 2.24) is 0 Å². The number of rotatable bonds is 2. The van der Waals surface area contributed by atoms with Gasteiger partial charge in [0.2, 0.25) is 0 Å². The van der Waals surface area contributed by atoms with Crippen molar-refractivity contribution in [2.75, 3.05) is 0 Å². The Bertz CT molecular complexity index is 184. The molecule has 62 valence electrons. The molecule has 0 amide bonds. The van der Waals surface area contributed by atoms with Gasteiger partial charge in [-0.2, -0.15) is 0 Å². The van der Waals surface area contributed by atoms with Gasteiger partial charge in [0, 0.05) is 6.42 Å². The molecule has 0 heterocycles. The van der Waals surface area contributed by atoms with Gasteiger partial charge < -0.3 is 4.74 Å². The Hall–Kier alpha value is -0.860. The van der Waals surface area contributed by atoms with Gasteiger partial charge in [-0.25, -0.2) is 0 Å². The normalized spacial score (nSPS) is 23.2. The van der Waals surface area contributed by atoms with Crippen molar-refractivity contribution in [3.8, 4) is 0 Å². The number of esters is 1. The Labute approximate surface area is 65.7 Å². The van der Waals surface area contributed by atoms with E-state index in [1.807, 2.05) is 0 Å². The second-order valence-corrected chi connectivity index (χ2v) is 3.09. The third-order valence-corrected chi connectivity index (χ3v) is 1.74. The summed E-state index contributed by atoms with van der Waals surface area (Å²) in [5.41, 5.74) is 0. The topological polar surface area (TPSA) is 43.4 Å². The molecule has 1 fully saturated rings. The first kappa shape index (κ1) is 8.24. The molecule has 0 aromatic carbocycles. The second-order valence-electron chi connectivity index (χ2n) is 3.09. The minimum Gasteiger partial charge on any atom is -0.454 e. The van der Waals surface area contributed by atoms with Gasteiger partial charge >= 0.3 is 5.97 Å². The number of ether oxygens (including phenoxy) is 1. The average molecular weight is 156 g/mol. The van der Waals surface area contributed by atoms with Crippen LogP contribution in [0.15, 0.2) is 0 Å². The van der Waals surface area contributed by atoms with Gasteiger partial charge in [-0.3, -0.25) is 9.59 Å². The van der Waals surface area contributed by atoms with E-state index < -0.39 is 6.10 Å². The van der Waals surface area contributed by atoms with Gasteiger partial charge in [-0.05, 0) is 6.42 Å². The van der Waals surface area contributed by atoms with Gasteiger partial charge in [0.15, 0.2) is 11.9 Å². The monoisotopic (exact) mass is 156 g/mol. The molecule has 11 heavy (non-hydrogen) atoms. The fraction of sp³-hybridized carbons (Fsp3) is 0.750. The van der Waals surface area contributed by atoms with Crippen molar-refractivity contribution >= 4 is 11.8 Å².